The zero-order chi connectivity index (χ0) is 25.0. The zero-order valence-corrected chi connectivity index (χ0v) is 20.7. The van der Waals surface area contributed by atoms with Gasteiger partial charge < -0.3 is 14.5 Å². The van der Waals surface area contributed by atoms with Gasteiger partial charge in [-0.2, -0.15) is 4.31 Å². The minimum Gasteiger partial charge on any atom is -0.496 e. The number of nitrogens with zero attached hydrogens (tertiary/aromatic N) is 4. The quantitative estimate of drug-likeness (QED) is 0.413. The topological polar surface area (TPSA) is 113 Å². The Balaban J connectivity index is 1.79. The fourth-order valence-electron chi connectivity index (χ4n) is 4.08. The molecule has 10 nitrogen and oxygen atoms in total. The van der Waals surface area contributed by atoms with Crippen LogP contribution < -0.4 is 9.64 Å². The van der Waals surface area contributed by atoms with Gasteiger partial charge in [-0.25, -0.2) is 8.42 Å². The number of hydrogen-bond donors (Lipinski definition) is 0. The average molecular weight is 491 g/mol. The number of piperazine rings is 1. The molecule has 184 valence electrons. The summed E-state index contributed by atoms with van der Waals surface area (Å²) in [4.78, 5) is 27.6. The van der Waals surface area contributed by atoms with Crippen LogP contribution in [0.15, 0.2) is 41.3 Å². The maximum Gasteiger partial charge on any atom is 0.293 e. The molecule has 1 heterocycles. The van der Waals surface area contributed by atoms with Crippen molar-refractivity contribution in [2.75, 3.05) is 51.3 Å². The summed E-state index contributed by atoms with van der Waals surface area (Å²) < 4.78 is 32.2. The van der Waals surface area contributed by atoms with E-state index in [1.54, 1.807) is 38.0 Å². The van der Waals surface area contributed by atoms with Crippen molar-refractivity contribution in [2.45, 2.75) is 25.7 Å². The van der Waals surface area contributed by atoms with E-state index in [-0.39, 0.29) is 29.6 Å². The Morgan fingerprint density at radius 2 is 1.74 bits per heavy atom. The monoisotopic (exact) mass is 490 g/mol. The predicted molar refractivity (Wildman–Crippen MR) is 129 cm³/mol. The van der Waals surface area contributed by atoms with Crippen molar-refractivity contribution < 1.29 is 22.9 Å². The van der Waals surface area contributed by atoms with Gasteiger partial charge in [-0.05, 0) is 36.8 Å². The van der Waals surface area contributed by atoms with E-state index in [9.17, 15) is 23.3 Å². The summed E-state index contributed by atoms with van der Waals surface area (Å²) in [6.45, 7) is 7.42. The Hall–Kier alpha value is -3.18. The third kappa shape index (κ3) is 5.00. The highest BCUT2D eigenvalue weighted by atomic mass is 32.2. The van der Waals surface area contributed by atoms with Crippen LogP contribution in [0.4, 0.5) is 11.4 Å². The SMILES string of the molecule is CCN(CC)S(=O)(=O)c1ccc(N2CCN(C(=O)c3ccc(C)c(OC)c3)CC2)c([N+](=O)[O-])c1. The van der Waals surface area contributed by atoms with Crippen LogP contribution >= 0.6 is 0 Å². The molecule has 2 aromatic carbocycles. The summed E-state index contributed by atoms with van der Waals surface area (Å²) in [5.41, 5.74) is 1.53. The molecule has 1 aliphatic heterocycles. The summed E-state index contributed by atoms with van der Waals surface area (Å²) in [5.74, 6) is 0.507. The molecule has 1 aliphatic rings. The van der Waals surface area contributed by atoms with Crippen LogP contribution in [-0.2, 0) is 10.0 Å². The molecule has 0 aliphatic carbocycles. The van der Waals surface area contributed by atoms with Crippen molar-refractivity contribution in [3.8, 4) is 5.75 Å². The smallest absolute Gasteiger partial charge is 0.293 e. The van der Waals surface area contributed by atoms with E-state index in [0.717, 1.165) is 11.6 Å². The van der Waals surface area contributed by atoms with Crippen LogP contribution in [0.1, 0.15) is 29.8 Å². The number of methoxy groups -OCH3 is 1. The molecule has 0 N–H and O–H groups in total. The normalized spacial score (nSPS) is 14.4. The van der Waals surface area contributed by atoms with Crippen molar-refractivity contribution >= 4 is 27.3 Å². The van der Waals surface area contributed by atoms with Crippen LogP contribution in [0.3, 0.4) is 0 Å². The Morgan fingerprint density at radius 1 is 1.09 bits per heavy atom. The largest absolute Gasteiger partial charge is 0.496 e. The number of benzene rings is 2. The molecule has 1 saturated heterocycles. The number of nitro groups is 1. The van der Waals surface area contributed by atoms with Gasteiger partial charge in [0, 0.05) is 50.9 Å². The van der Waals surface area contributed by atoms with Gasteiger partial charge in [0.25, 0.3) is 11.6 Å². The summed E-state index contributed by atoms with van der Waals surface area (Å²) in [6.07, 6.45) is 0. The Labute approximate surface area is 199 Å². The second-order valence-corrected chi connectivity index (χ2v) is 9.90. The van der Waals surface area contributed by atoms with E-state index in [0.29, 0.717) is 43.2 Å². The number of carbonyl (C=O) groups is 1. The highest BCUT2D eigenvalue weighted by Crippen LogP contribution is 2.32. The lowest BCUT2D eigenvalue weighted by molar-refractivity contribution is -0.384. The fraction of sp³-hybridized carbons (Fsp3) is 0.435. The Bertz CT molecular complexity index is 1170. The van der Waals surface area contributed by atoms with Crippen LogP contribution in [-0.4, -0.2) is 74.8 Å². The molecule has 0 atom stereocenters. The number of anilines is 1. The highest BCUT2D eigenvalue weighted by molar-refractivity contribution is 7.89. The van der Waals surface area contributed by atoms with E-state index >= 15 is 0 Å². The number of sulfonamides is 1. The van der Waals surface area contributed by atoms with Gasteiger partial charge in [0.1, 0.15) is 11.4 Å². The molecule has 0 bridgehead atoms. The lowest BCUT2D eigenvalue weighted by Crippen LogP contribution is -2.49. The van der Waals surface area contributed by atoms with Crippen LogP contribution in [0, 0.1) is 17.0 Å². The van der Waals surface area contributed by atoms with Crippen molar-refractivity contribution in [3.05, 3.63) is 57.6 Å². The van der Waals surface area contributed by atoms with Gasteiger partial charge in [-0.15, -0.1) is 0 Å². The first-order valence-corrected chi connectivity index (χ1v) is 12.6. The molecule has 0 saturated carbocycles. The van der Waals surface area contributed by atoms with Crippen LogP contribution in [0.25, 0.3) is 0 Å². The summed E-state index contributed by atoms with van der Waals surface area (Å²) in [6, 6.07) is 9.32. The number of hydrogen-bond acceptors (Lipinski definition) is 7. The molecule has 1 amide bonds. The van der Waals surface area contributed by atoms with Crippen molar-refractivity contribution in [1.82, 2.24) is 9.21 Å². The number of carbonyl (C=O) groups excluding carboxylic acids is 1. The van der Waals surface area contributed by atoms with Gasteiger partial charge in [-0.1, -0.05) is 19.9 Å². The average Bonchev–Trinajstić information content (AvgIpc) is 2.84. The van der Waals surface area contributed by atoms with Gasteiger partial charge in [-0.3, -0.25) is 14.9 Å². The number of nitro benzene ring substituents is 1. The molecule has 0 radical (unpaired) electrons. The van der Waals surface area contributed by atoms with E-state index < -0.39 is 14.9 Å². The second kappa shape index (κ2) is 10.4. The second-order valence-electron chi connectivity index (χ2n) is 7.96. The third-order valence-electron chi connectivity index (χ3n) is 6.05. The van der Waals surface area contributed by atoms with Crippen molar-refractivity contribution in [3.63, 3.8) is 0 Å². The summed E-state index contributed by atoms with van der Waals surface area (Å²) in [5, 5.41) is 11.8. The molecule has 0 spiro atoms. The molecular formula is C23H30N4O6S. The molecule has 11 heteroatoms. The zero-order valence-electron chi connectivity index (χ0n) is 19.9. The van der Waals surface area contributed by atoms with Gasteiger partial charge in [0.05, 0.1) is 16.9 Å². The summed E-state index contributed by atoms with van der Waals surface area (Å²) in [7, 11) is -2.26. The maximum absolute atomic E-state index is 12.9. The lowest BCUT2D eigenvalue weighted by atomic mass is 10.1. The molecule has 0 unspecified atom stereocenters. The minimum atomic E-state index is -3.82. The first-order valence-electron chi connectivity index (χ1n) is 11.1. The Morgan fingerprint density at radius 3 is 2.29 bits per heavy atom. The number of amides is 1. The molecule has 3 rings (SSSR count). The standard InChI is InChI=1S/C23H30N4O6S/c1-5-26(6-2)34(31,32)19-9-10-20(21(16-19)27(29)30)24-11-13-25(14-12-24)23(28)18-8-7-17(3)22(15-18)33-4/h7-10,15-16H,5-6,11-14H2,1-4H3. The predicted octanol–water partition coefficient (Wildman–Crippen LogP) is 2.90. The fourth-order valence-corrected chi connectivity index (χ4v) is 5.55. The molecular weight excluding hydrogens is 460 g/mol. The van der Waals surface area contributed by atoms with E-state index in [2.05, 4.69) is 0 Å². The van der Waals surface area contributed by atoms with Gasteiger partial charge >= 0.3 is 0 Å². The van der Waals surface area contributed by atoms with Gasteiger partial charge in [0.2, 0.25) is 10.0 Å². The molecule has 34 heavy (non-hydrogen) atoms. The van der Waals surface area contributed by atoms with Crippen molar-refractivity contribution in [2.24, 2.45) is 0 Å². The summed E-state index contributed by atoms with van der Waals surface area (Å²) >= 11 is 0. The van der Waals surface area contributed by atoms with E-state index in [4.69, 9.17) is 4.74 Å². The number of rotatable bonds is 8. The number of ether oxygens (including phenoxy) is 1. The molecule has 0 aromatic heterocycles. The molecule has 1 fully saturated rings. The lowest BCUT2D eigenvalue weighted by Gasteiger charge is -2.36. The maximum atomic E-state index is 12.9. The van der Waals surface area contributed by atoms with Crippen molar-refractivity contribution in [1.29, 1.82) is 0 Å². The highest BCUT2D eigenvalue weighted by Gasteiger charge is 2.30. The van der Waals surface area contributed by atoms with E-state index in [1.165, 1.54) is 16.4 Å². The number of aryl methyl sites for hydroxylation is 1. The Kier molecular flexibility index (Phi) is 7.78. The van der Waals surface area contributed by atoms with Crippen LogP contribution in [0.5, 0.6) is 5.75 Å². The minimum absolute atomic E-state index is 0.103. The first kappa shape index (κ1) is 25.4. The van der Waals surface area contributed by atoms with Crippen LogP contribution in [0.2, 0.25) is 0 Å². The first-order chi connectivity index (χ1) is 16.1. The van der Waals surface area contributed by atoms with E-state index in [1.807, 2.05) is 17.9 Å². The van der Waals surface area contributed by atoms with Gasteiger partial charge in [0.15, 0.2) is 0 Å². The third-order valence-corrected chi connectivity index (χ3v) is 8.10. The molecule has 2 aromatic rings.